The highest BCUT2D eigenvalue weighted by molar-refractivity contribution is 8.00. The third-order valence-electron chi connectivity index (χ3n) is 4.18. The number of anilines is 2. The van der Waals surface area contributed by atoms with Crippen LogP contribution in [0.2, 0.25) is 0 Å². The quantitative estimate of drug-likeness (QED) is 0.799. The van der Waals surface area contributed by atoms with Crippen molar-refractivity contribution in [3.05, 3.63) is 58.5 Å². The molecule has 0 saturated carbocycles. The molecule has 0 atom stereocenters. The molecule has 7 nitrogen and oxygen atoms in total. The van der Waals surface area contributed by atoms with E-state index >= 15 is 0 Å². The van der Waals surface area contributed by atoms with Crippen molar-refractivity contribution < 1.29 is 9.59 Å². The zero-order valence-electron chi connectivity index (χ0n) is 15.2. The van der Waals surface area contributed by atoms with Crippen LogP contribution in [0.5, 0.6) is 0 Å². The van der Waals surface area contributed by atoms with E-state index < -0.39 is 5.56 Å². The molecule has 0 aliphatic carbocycles. The number of carbonyl (C=O) groups is 2. The molecule has 27 heavy (non-hydrogen) atoms. The summed E-state index contributed by atoms with van der Waals surface area (Å²) in [6.07, 6.45) is 3.09. The van der Waals surface area contributed by atoms with Crippen LogP contribution < -0.4 is 15.8 Å². The summed E-state index contributed by atoms with van der Waals surface area (Å²) in [6.45, 7) is 7.47. The summed E-state index contributed by atoms with van der Waals surface area (Å²) in [5.74, 6) is -0.274. The molecular formula is C19H20N4O3S. The lowest BCUT2D eigenvalue weighted by Gasteiger charge is -2.27. The zero-order valence-corrected chi connectivity index (χ0v) is 16.0. The van der Waals surface area contributed by atoms with Gasteiger partial charge >= 0.3 is 0 Å². The van der Waals surface area contributed by atoms with Gasteiger partial charge in [0.1, 0.15) is 12.2 Å². The molecule has 0 spiro atoms. The van der Waals surface area contributed by atoms with Crippen molar-refractivity contribution in [3.63, 3.8) is 0 Å². The molecule has 1 aromatic carbocycles. The van der Waals surface area contributed by atoms with Gasteiger partial charge in [-0.2, -0.15) is 5.10 Å². The van der Waals surface area contributed by atoms with Crippen LogP contribution in [0.15, 0.2) is 46.7 Å². The molecule has 1 N–H and O–H groups in total. The molecule has 3 rings (SSSR count). The average molecular weight is 384 g/mol. The monoisotopic (exact) mass is 384 g/mol. The topological polar surface area (TPSA) is 84.3 Å². The molecule has 1 aliphatic heterocycles. The van der Waals surface area contributed by atoms with E-state index in [2.05, 4.69) is 17.0 Å². The van der Waals surface area contributed by atoms with Gasteiger partial charge in [0.2, 0.25) is 11.8 Å². The van der Waals surface area contributed by atoms with Crippen LogP contribution >= 0.6 is 11.8 Å². The van der Waals surface area contributed by atoms with Crippen LogP contribution in [-0.2, 0) is 16.1 Å². The Bertz CT molecular complexity index is 983. The Hall–Kier alpha value is -2.87. The fraction of sp³-hybridized carbons (Fsp3) is 0.263. The molecule has 0 unspecified atom stereocenters. The van der Waals surface area contributed by atoms with Gasteiger partial charge in [-0.1, -0.05) is 18.2 Å². The van der Waals surface area contributed by atoms with Gasteiger partial charge in [0.15, 0.2) is 0 Å². The predicted molar refractivity (Wildman–Crippen MR) is 106 cm³/mol. The lowest BCUT2D eigenvalue weighted by atomic mass is 10.1. The number of aryl methyl sites for hydroxylation is 2. The second-order valence-electron chi connectivity index (χ2n) is 6.27. The van der Waals surface area contributed by atoms with E-state index in [1.54, 1.807) is 6.08 Å². The van der Waals surface area contributed by atoms with E-state index in [9.17, 15) is 14.4 Å². The summed E-state index contributed by atoms with van der Waals surface area (Å²) in [5.41, 5.74) is 2.44. The lowest BCUT2D eigenvalue weighted by Crippen LogP contribution is -2.42. The number of fused-ring (bicyclic) bond motifs is 1. The number of hydrogen-bond acceptors (Lipinski definition) is 5. The van der Waals surface area contributed by atoms with Crippen LogP contribution in [0, 0.1) is 13.8 Å². The standard InChI is InChI=1S/C19H20N4O3S/c1-4-7-22-17(25)11-27-15-9-20-23(19(26)18(15)22)10-16(24)21-14-8-12(2)5-6-13(14)3/h4-6,8-9H,1,7,10-11H2,2-3H3,(H,21,24). The van der Waals surface area contributed by atoms with E-state index in [4.69, 9.17) is 0 Å². The average Bonchev–Trinajstić information content (AvgIpc) is 2.63. The Morgan fingerprint density at radius 3 is 2.89 bits per heavy atom. The third kappa shape index (κ3) is 3.95. The van der Waals surface area contributed by atoms with Gasteiger partial charge in [0.05, 0.1) is 16.8 Å². The Morgan fingerprint density at radius 2 is 2.15 bits per heavy atom. The van der Waals surface area contributed by atoms with Crippen LogP contribution in [0.4, 0.5) is 11.4 Å². The maximum absolute atomic E-state index is 12.8. The van der Waals surface area contributed by atoms with Crippen molar-refractivity contribution in [2.75, 3.05) is 22.5 Å². The van der Waals surface area contributed by atoms with Gasteiger partial charge in [-0.3, -0.25) is 14.4 Å². The van der Waals surface area contributed by atoms with Crippen molar-refractivity contribution in [2.45, 2.75) is 25.3 Å². The molecule has 0 fully saturated rings. The van der Waals surface area contributed by atoms with Crippen molar-refractivity contribution in [3.8, 4) is 0 Å². The molecule has 1 aromatic heterocycles. The first-order valence-corrected chi connectivity index (χ1v) is 9.40. The number of aromatic nitrogens is 2. The zero-order chi connectivity index (χ0) is 19.6. The Morgan fingerprint density at radius 1 is 1.37 bits per heavy atom. The highest BCUT2D eigenvalue weighted by Crippen LogP contribution is 2.31. The number of hydrogen-bond donors (Lipinski definition) is 1. The van der Waals surface area contributed by atoms with Crippen LogP contribution in [0.1, 0.15) is 11.1 Å². The van der Waals surface area contributed by atoms with Crippen LogP contribution in [-0.4, -0.2) is 33.9 Å². The molecule has 8 heteroatoms. The van der Waals surface area contributed by atoms with Crippen molar-refractivity contribution in [1.82, 2.24) is 9.78 Å². The van der Waals surface area contributed by atoms with Gasteiger partial charge in [-0.05, 0) is 31.0 Å². The normalized spacial score (nSPS) is 13.3. The summed E-state index contributed by atoms with van der Waals surface area (Å²) < 4.78 is 1.08. The van der Waals surface area contributed by atoms with E-state index in [1.807, 2.05) is 32.0 Å². The number of nitrogens with one attached hydrogen (secondary N) is 1. The minimum atomic E-state index is -0.467. The highest BCUT2D eigenvalue weighted by Gasteiger charge is 2.28. The Kier molecular flexibility index (Phi) is 5.46. The second kappa shape index (κ2) is 7.79. The smallest absolute Gasteiger partial charge is 0.292 e. The summed E-state index contributed by atoms with van der Waals surface area (Å²) in [4.78, 5) is 39.4. The van der Waals surface area contributed by atoms with Crippen molar-refractivity contribution in [2.24, 2.45) is 0 Å². The minimum Gasteiger partial charge on any atom is -0.324 e. The summed E-state index contributed by atoms with van der Waals surface area (Å²) in [5, 5.41) is 6.90. The van der Waals surface area contributed by atoms with E-state index in [0.29, 0.717) is 10.6 Å². The fourth-order valence-corrected chi connectivity index (χ4v) is 3.68. The highest BCUT2D eigenvalue weighted by atomic mass is 32.2. The van der Waals surface area contributed by atoms with Gasteiger partial charge in [0.25, 0.3) is 5.56 Å². The van der Waals surface area contributed by atoms with Crippen molar-refractivity contribution in [1.29, 1.82) is 0 Å². The summed E-state index contributed by atoms with van der Waals surface area (Å²) in [7, 11) is 0. The SMILES string of the molecule is C=CCN1C(=O)CSc2cnn(CC(=O)Nc3cc(C)ccc3C)c(=O)c21. The van der Waals surface area contributed by atoms with E-state index in [-0.39, 0.29) is 36.3 Å². The van der Waals surface area contributed by atoms with E-state index in [1.165, 1.54) is 22.9 Å². The Labute approximate surface area is 161 Å². The van der Waals surface area contributed by atoms with Gasteiger partial charge in [-0.15, -0.1) is 18.3 Å². The first-order chi connectivity index (χ1) is 12.9. The summed E-state index contributed by atoms with van der Waals surface area (Å²) in [6, 6.07) is 5.76. The lowest BCUT2D eigenvalue weighted by molar-refractivity contribution is -0.117. The molecule has 2 aromatic rings. The maximum Gasteiger partial charge on any atom is 0.292 e. The fourth-order valence-electron chi connectivity index (χ4n) is 2.79. The Balaban J connectivity index is 1.87. The molecule has 140 valence electrons. The first kappa shape index (κ1) is 18.9. The largest absolute Gasteiger partial charge is 0.324 e. The molecule has 0 saturated heterocycles. The van der Waals surface area contributed by atoms with Gasteiger partial charge < -0.3 is 10.2 Å². The van der Waals surface area contributed by atoms with Crippen LogP contribution in [0.3, 0.4) is 0 Å². The first-order valence-electron chi connectivity index (χ1n) is 8.42. The van der Waals surface area contributed by atoms with Crippen LogP contribution in [0.25, 0.3) is 0 Å². The number of rotatable bonds is 5. The molecule has 1 aliphatic rings. The molecule has 2 heterocycles. The number of benzene rings is 1. The van der Waals surface area contributed by atoms with Gasteiger partial charge in [0, 0.05) is 12.2 Å². The molecule has 2 amide bonds. The molecule has 0 bridgehead atoms. The molecule has 0 radical (unpaired) electrons. The maximum atomic E-state index is 12.8. The third-order valence-corrected chi connectivity index (χ3v) is 5.18. The van der Waals surface area contributed by atoms with E-state index in [0.717, 1.165) is 15.8 Å². The molecular weight excluding hydrogens is 364 g/mol. The predicted octanol–water partition coefficient (Wildman–Crippen LogP) is 2.12. The minimum absolute atomic E-state index is 0.165. The van der Waals surface area contributed by atoms with Crippen molar-refractivity contribution >= 4 is 35.0 Å². The van der Waals surface area contributed by atoms with Gasteiger partial charge in [-0.25, -0.2) is 4.68 Å². The number of thioether (sulfide) groups is 1. The second-order valence-corrected chi connectivity index (χ2v) is 7.29. The number of amides is 2. The number of nitrogens with zero attached hydrogens (tertiary/aromatic N) is 3. The summed E-state index contributed by atoms with van der Waals surface area (Å²) >= 11 is 1.27. The number of carbonyl (C=O) groups excluding carboxylic acids is 2.